The summed E-state index contributed by atoms with van der Waals surface area (Å²) in [6, 6.07) is 16.0. The van der Waals surface area contributed by atoms with Crippen LogP contribution in [-0.2, 0) is 0 Å². The van der Waals surface area contributed by atoms with E-state index in [1.165, 1.54) is 6.21 Å². The number of carbonyl (C=O) groups is 1. The number of nitrogens with zero attached hydrogens (tertiary/aromatic N) is 1. The first kappa shape index (κ1) is 18.3. The van der Waals surface area contributed by atoms with E-state index in [0.29, 0.717) is 23.7 Å². The molecule has 3 aromatic carbocycles. The zero-order valence-electron chi connectivity index (χ0n) is 15.1. The normalized spacial score (nSPS) is 10.9. The molecule has 0 aromatic heterocycles. The van der Waals surface area contributed by atoms with Crippen LogP contribution in [0.15, 0.2) is 59.7 Å². The standard InChI is InChI=1S/C21H20N2O4/c1-3-27-17-8-9-20(26-2)16(10-17)13-22-23-21(25)18-11-14-6-4-5-7-15(14)12-19(18)24/h4-13,24H,3H2,1-2H3,(H,23,25). The van der Waals surface area contributed by atoms with E-state index < -0.39 is 5.91 Å². The Kier molecular flexibility index (Phi) is 5.56. The van der Waals surface area contributed by atoms with E-state index in [1.54, 1.807) is 37.4 Å². The molecule has 0 atom stereocenters. The highest BCUT2D eigenvalue weighted by Crippen LogP contribution is 2.25. The second-order valence-electron chi connectivity index (χ2n) is 5.75. The van der Waals surface area contributed by atoms with Gasteiger partial charge < -0.3 is 14.6 Å². The number of carbonyl (C=O) groups excluding carboxylic acids is 1. The molecule has 0 aliphatic carbocycles. The van der Waals surface area contributed by atoms with Gasteiger partial charge in [-0.3, -0.25) is 4.79 Å². The Bertz CT molecular complexity index is 999. The first-order valence-electron chi connectivity index (χ1n) is 8.48. The Balaban J connectivity index is 1.79. The van der Waals surface area contributed by atoms with Gasteiger partial charge in [0.15, 0.2) is 0 Å². The van der Waals surface area contributed by atoms with E-state index in [2.05, 4.69) is 10.5 Å². The molecule has 0 unspecified atom stereocenters. The van der Waals surface area contributed by atoms with Crippen LogP contribution < -0.4 is 14.9 Å². The fourth-order valence-corrected chi connectivity index (χ4v) is 2.70. The van der Waals surface area contributed by atoms with E-state index in [1.807, 2.05) is 31.2 Å². The van der Waals surface area contributed by atoms with Crippen LogP contribution in [0.25, 0.3) is 10.8 Å². The molecule has 2 N–H and O–H groups in total. The minimum atomic E-state index is -0.505. The van der Waals surface area contributed by atoms with Crippen molar-refractivity contribution < 1.29 is 19.4 Å². The number of phenolic OH excluding ortho intramolecular Hbond substituents is 1. The van der Waals surface area contributed by atoms with E-state index in [9.17, 15) is 9.90 Å². The van der Waals surface area contributed by atoms with Crippen molar-refractivity contribution in [1.82, 2.24) is 5.43 Å². The fourth-order valence-electron chi connectivity index (χ4n) is 2.70. The number of amides is 1. The molecule has 0 saturated heterocycles. The monoisotopic (exact) mass is 364 g/mol. The summed E-state index contributed by atoms with van der Waals surface area (Å²) >= 11 is 0. The van der Waals surface area contributed by atoms with Gasteiger partial charge in [-0.2, -0.15) is 5.10 Å². The van der Waals surface area contributed by atoms with Gasteiger partial charge in [-0.25, -0.2) is 5.43 Å². The van der Waals surface area contributed by atoms with Crippen molar-refractivity contribution in [2.24, 2.45) is 5.10 Å². The lowest BCUT2D eigenvalue weighted by atomic mass is 10.1. The van der Waals surface area contributed by atoms with Gasteiger partial charge in [0.1, 0.15) is 17.2 Å². The van der Waals surface area contributed by atoms with Crippen LogP contribution in [0, 0.1) is 0 Å². The molecule has 0 bridgehead atoms. The van der Waals surface area contributed by atoms with Gasteiger partial charge in [0.05, 0.1) is 25.5 Å². The topological polar surface area (TPSA) is 80.2 Å². The molecule has 0 spiro atoms. The maximum absolute atomic E-state index is 12.4. The van der Waals surface area contributed by atoms with Gasteiger partial charge in [0, 0.05) is 5.56 Å². The van der Waals surface area contributed by atoms with Crippen LogP contribution >= 0.6 is 0 Å². The number of rotatable bonds is 6. The third-order valence-corrected chi connectivity index (χ3v) is 3.99. The maximum Gasteiger partial charge on any atom is 0.275 e. The summed E-state index contributed by atoms with van der Waals surface area (Å²) in [6.45, 7) is 2.44. The van der Waals surface area contributed by atoms with E-state index in [0.717, 1.165) is 10.8 Å². The first-order valence-corrected chi connectivity index (χ1v) is 8.48. The molecule has 138 valence electrons. The molecular weight excluding hydrogens is 344 g/mol. The van der Waals surface area contributed by atoms with Crippen molar-refractivity contribution >= 4 is 22.9 Å². The smallest absolute Gasteiger partial charge is 0.275 e. The molecule has 6 heteroatoms. The Hall–Kier alpha value is -3.54. The summed E-state index contributed by atoms with van der Waals surface area (Å²) < 4.78 is 10.8. The number of fused-ring (bicyclic) bond motifs is 1. The summed E-state index contributed by atoms with van der Waals surface area (Å²) in [5, 5.41) is 15.8. The number of hydrogen-bond acceptors (Lipinski definition) is 5. The molecule has 1 amide bonds. The number of hydrogen-bond donors (Lipinski definition) is 2. The Morgan fingerprint density at radius 2 is 1.89 bits per heavy atom. The van der Waals surface area contributed by atoms with Crippen molar-refractivity contribution in [1.29, 1.82) is 0 Å². The molecule has 3 aromatic rings. The summed E-state index contributed by atoms with van der Waals surface area (Å²) in [5.41, 5.74) is 3.24. The SMILES string of the molecule is CCOc1ccc(OC)c(C=NNC(=O)c2cc3ccccc3cc2O)c1. The number of aromatic hydroxyl groups is 1. The second kappa shape index (κ2) is 8.23. The minimum Gasteiger partial charge on any atom is -0.507 e. The van der Waals surface area contributed by atoms with Crippen LogP contribution in [0.4, 0.5) is 0 Å². The molecule has 0 heterocycles. The van der Waals surface area contributed by atoms with Crippen molar-refractivity contribution in [2.75, 3.05) is 13.7 Å². The second-order valence-corrected chi connectivity index (χ2v) is 5.75. The molecule has 3 rings (SSSR count). The average molecular weight is 364 g/mol. The fraction of sp³-hybridized carbons (Fsp3) is 0.143. The number of methoxy groups -OCH3 is 1. The summed E-state index contributed by atoms with van der Waals surface area (Å²) in [5.74, 6) is 0.676. The van der Waals surface area contributed by atoms with Crippen molar-refractivity contribution in [3.05, 3.63) is 65.7 Å². The van der Waals surface area contributed by atoms with Crippen molar-refractivity contribution in [3.63, 3.8) is 0 Å². The van der Waals surface area contributed by atoms with E-state index in [4.69, 9.17) is 9.47 Å². The zero-order valence-corrected chi connectivity index (χ0v) is 15.1. The highest BCUT2D eigenvalue weighted by Gasteiger charge is 2.12. The van der Waals surface area contributed by atoms with Gasteiger partial charge in [0.2, 0.25) is 0 Å². The van der Waals surface area contributed by atoms with E-state index in [-0.39, 0.29) is 11.3 Å². The van der Waals surface area contributed by atoms with Gasteiger partial charge >= 0.3 is 0 Å². The third kappa shape index (κ3) is 4.17. The molecule has 0 radical (unpaired) electrons. The molecule has 0 aliphatic rings. The number of benzene rings is 3. The van der Waals surface area contributed by atoms with Gasteiger partial charge in [-0.05, 0) is 48.0 Å². The van der Waals surface area contributed by atoms with Gasteiger partial charge in [-0.1, -0.05) is 24.3 Å². The Labute approximate surface area is 157 Å². The van der Waals surface area contributed by atoms with E-state index >= 15 is 0 Å². The van der Waals surface area contributed by atoms with Crippen LogP contribution in [0.1, 0.15) is 22.8 Å². The highest BCUT2D eigenvalue weighted by molar-refractivity contribution is 6.01. The lowest BCUT2D eigenvalue weighted by Crippen LogP contribution is -2.17. The molecule has 0 fully saturated rings. The first-order chi connectivity index (χ1) is 13.1. The van der Waals surface area contributed by atoms with Crippen LogP contribution in [0.5, 0.6) is 17.2 Å². The summed E-state index contributed by atoms with van der Waals surface area (Å²) in [6.07, 6.45) is 1.47. The maximum atomic E-state index is 12.4. The number of phenols is 1. The third-order valence-electron chi connectivity index (χ3n) is 3.99. The predicted molar refractivity (Wildman–Crippen MR) is 105 cm³/mol. The Morgan fingerprint density at radius 3 is 2.59 bits per heavy atom. The molecular formula is C21H20N2O4. The quantitative estimate of drug-likeness (QED) is 0.516. The summed E-state index contributed by atoms with van der Waals surface area (Å²) in [4.78, 5) is 12.4. The minimum absolute atomic E-state index is 0.0997. The molecule has 0 aliphatic heterocycles. The predicted octanol–water partition coefficient (Wildman–Crippen LogP) is 3.72. The van der Waals surface area contributed by atoms with Crippen LogP contribution in [0.3, 0.4) is 0 Å². The molecule has 27 heavy (non-hydrogen) atoms. The molecule has 6 nitrogen and oxygen atoms in total. The van der Waals surface area contributed by atoms with Crippen LogP contribution in [0.2, 0.25) is 0 Å². The lowest BCUT2D eigenvalue weighted by molar-refractivity contribution is 0.0952. The van der Waals surface area contributed by atoms with Crippen molar-refractivity contribution in [3.8, 4) is 17.2 Å². The zero-order chi connectivity index (χ0) is 19.2. The lowest BCUT2D eigenvalue weighted by Gasteiger charge is -2.08. The number of nitrogens with one attached hydrogen (secondary N) is 1. The number of hydrazone groups is 1. The van der Waals surface area contributed by atoms with Gasteiger partial charge in [0.25, 0.3) is 5.91 Å². The molecule has 0 saturated carbocycles. The Morgan fingerprint density at radius 1 is 1.15 bits per heavy atom. The highest BCUT2D eigenvalue weighted by atomic mass is 16.5. The van der Waals surface area contributed by atoms with Crippen molar-refractivity contribution in [2.45, 2.75) is 6.92 Å². The number of ether oxygens (including phenoxy) is 2. The van der Waals surface area contributed by atoms with Crippen LogP contribution in [-0.4, -0.2) is 30.9 Å². The summed E-state index contributed by atoms with van der Waals surface area (Å²) in [7, 11) is 1.55. The largest absolute Gasteiger partial charge is 0.507 e. The average Bonchev–Trinajstić information content (AvgIpc) is 2.68. The van der Waals surface area contributed by atoms with Gasteiger partial charge in [-0.15, -0.1) is 0 Å².